The topological polar surface area (TPSA) is 90.2 Å². The molecule has 1 aliphatic rings. The largest absolute Gasteiger partial charge is 0.388 e. The predicted octanol–water partition coefficient (Wildman–Crippen LogP) is -2.54. The molecule has 66 valence electrons. The van der Waals surface area contributed by atoms with Gasteiger partial charge in [-0.15, -0.1) is 0 Å². The van der Waals surface area contributed by atoms with Crippen LogP contribution in [0.3, 0.4) is 0 Å². The Kier molecular flexibility index (Phi) is 2.80. The first-order chi connectivity index (χ1) is 5.13. The molecule has 5 heteroatoms. The highest BCUT2D eigenvalue weighted by Crippen LogP contribution is 2.10. The highest BCUT2D eigenvalue weighted by atomic mass is 16.5. The van der Waals surface area contributed by atoms with Crippen LogP contribution >= 0.6 is 0 Å². The molecule has 0 unspecified atom stereocenters. The van der Waals surface area contributed by atoms with Crippen LogP contribution in [0.1, 0.15) is 0 Å². The Balaban J connectivity index is 2.58. The third-order valence-corrected chi connectivity index (χ3v) is 1.72. The maximum atomic E-state index is 9.06. The Bertz CT molecular complexity index is 114. The van der Waals surface area contributed by atoms with Crippen molar-refractivity contribution in [2.24, 2.45) is 0 Å². The molecule has 0 radical (unpaired) electrons. The maximum Gasteiger partial charge on any atom is 0.111 e. The maximum absolute atomic E-state index is 9.06. The van der Waals surface area contributed by atoms with E-state index in [9.17, 15) is 0 Å². The van der Waals surface area contributed by atoms with Crippen molar-refractivity contribution in [3.63, 3.8) is 0 Å². The van der Waals surface area contributed by atoms with Gasteiger partial charge in [-0.25, -0.2) is 0 Å². The van der Waals surface area contributed by atoms with Crippen LogP contribution in [0.15, 0.2) is 0 Å². The summed E-state index contributed by atoms with van der Waals surface area (Å²) in [5.74, 6) is 0. The summed E-state index contributed by atoms with van der Waals surface area (Å²) >= 11 is 0. The van der Waals surface area contributed by atoms with Gasteiger partial charge in [0.25, 0.3) is 0 Å². The Morgan fingerprint density at radius 3 is 1.55 bits per heavy atom. The SMILES string of the molecule is O[C@H]1[C@H](O)[C@@H](O)COC[C@H]1O. The van der Waals surface area contributed by atoms with E-state index in [2.05, 4.69) is 0 Å². The highest BCUT2D eigenvalue weighted by Gasteiger charge is 2.33. The van der Waals surface area contributed by atoms with Gasteiger partial charge in [0.2, 0.25) is 0 Å². The number of aliphatic hydroxyl groups excluding tert-OH is 4. The van der Waals surface area contributed by atoms with Gasteiger partial charge in [-0.3, -0.25) is 0 Å². The molecule has 1 fully saturated rings. The lowest BCUT2D eigenvalue weighted by molar-refractivity contribution is -0.0894. The van der Waals surface area contributed by atoms with E-state index in [-0.39, 0.29) is 13.2 Å². The standard InChI is InChI=1S/C6H12O5/c7-3-1-11-2-4(8)6(10)5(3)9/h3-10H,1-2H2/t3-,4+,5-,6-/m1/s1. The first kappa shape index (κ1) is 8.89. The molecule has 11 heavy (non-hydrogen) atoms. The Labute approximate surface area is 63.8 Å². The molecule has 0 bridgehead atoms. The fourth-order valence-electron chi connectivity index (χ4n) is 0.962. The first-order valence-corrected chi connectivity index (χ1v) is 3.43. The van der Waals surface area contributed by atoms with Crippen molar-refractivity contribution >= 4 is 0 Å². The molecule has 4 atom stereocenters. The van der Waals surface area contributed by atoms with Crippen LogP contribution in [-0.2, 0) is 4.74 Å². The summed E-state index contributed by atoms with van der Waals surface area (Å²) < 4.78 is 4.74. The smallest absolute Gasteiger partial charge is 0.111 e. The average Bonchev–Trinajstić information content (AvgIpc) is 2.07. The van der Waals surface area contributed by atoms with Crippen LogP contribution in [0.4, 0.5) is 0 Å². The molecule has 0 aromatic rings. The number of hydrogen-bond donors (Lipinski definition) is 4. The monoisotopic (exact) mass is 164 g/mol. The molecule has 0 spiro atoms. The molecule has 1 aliphatic heterocycles. The molecular formula is C6H12O5. The van der Waals surface area contributed by atoms with Crippen molar-refractivity contribution in [1.29, 1.82) is 0 Å². The number of rotatable bonds is 0. The minimum atomic E-state index is -1.33. The van der Waals surface area contributed by atoms with Crippen LogP contribution in [0.25, 0.3) is 0 Å². The lowest BCUT2D eigenvalue weighted by atomic mass is 10.1. The zero-order chi connectivity index (χ0) is 8.43. The van der Waals surface area contributed by atoms with E-state index in [1.54, 1.807) is 0 Å². The van der Waals surface area contributed by atoms with E-state index >= 15 is 0 Å². The third-order valence-electron chi connectivity index (χ3n) is 1.72. The minimum absolute atomic E-state index is 0.0602. The predicted molar refractivity (Wildman–Crippen MR) is 34.8 cm³/mol. The van der Waals surface area contributed by atoms with E-state index in [4.69, 9.17) is 25.2 Å². The molecule has 0 amide bonds. The zero-order valence-electron chi connectivity index (χ0n) is 5.92. The van der Waals surface area contributed by atoms with Crippen LogP contribution in [-0.4, -0.2) is 58.1 Å². The summed E-state index contributed by atoms with van der Waals surface area (Å²) in [5, 5.41) is 36.1. The second-order valence-corrected chi connectivity index (χ2v) is 2.65. The van der Waals surface area contributed by atoms with Gasteiger partial charge in [-0.05, 0) is 0 Å². The van der Waals surface area contributed by atoms with E-state index in [1.807, 2.05) is 0 Å². The van der Waals surface area contributed by atoms with E-state index in [0.29, 0.717) is 0 Å². The molecule has 4 N–H and O–H groups in total. The van der Waals surface area contributed by atoms with E-state index in [1.165, 1.54) is 0 Å². The highest BCUT2D eigenvalue weighted by molar-refractivity contribution is 4.83. The fraction of sp³-hybridized carbons (Fsp3) is 1.00. The molecular weight excluding hydrogens is 152 g/mol. The Morgan fingerprint density at radius 1 is 0.818 bits per heavy atom. The van der Waals surface area contributed by atoms with Gasteiger partial charge in [0.05, 0.1) is 13.2 Å². The van der Waals surface area contributed by atoms with Crippen molar-refractivity contribution < 1.29 is 25.2 Å². The van der Waals surface area contributed by atoms with Gasteiger partial charge in [0, 0.05) is 0 Å². The fourth-order valence-corrected chi connectivity index (χ4v) is 0.962. The van der Waals surface area contributed by atoms with Gasteiger partial charge in [-0.1, -0.05) is 0 Å². The third kappa shape index (κ3) is 1.88. The summed E-state index contributed by atoms with van der Waals surface area (Å²) in [5.41, 5.74) is 0. The summed E-state index contributed by atoms with van der Waals surface area (Å²) in [6, 6.07) is 0. The summed E-state index contributed by atoms with van der Waals surface area (Å²) in [6.45, 7) is -0.120. The number of ether oxygens (including phenoxy) is 1. The van der Waals surface area contributed by atoms with E-state index in [0.717, 1.165) is 0 Å². The van der Waals surface area contributed by atoms with Crippen LogP contribution in [0, 0.1) is 0 Å². The van der Waals surface area contributed by atoms with Crippen LogP contribution in [0.5, 0.6) is 0 Å². The van der Waals surface area contributed by atoms with Gasteiger partial charge < -0.3 is 25.2 Å². The molecule has 1 rings (SSSR count). The first-order valence-electron chi connectivity index (χ1n) is 3.43. The van der Waals surface area contributed by atoms with Crippen molar-refractivity contribution in [3.8, 4) is 0 Å². The van der Waals surface area contributed by atoms with Gasteiger partial charge >= 0.3 is 0 Å². The summed E-state index contributed by atoms with van der Waals surface area (Å²) in [6.07, 6.45) is -4.90. The quantitative estimate of drug-likeness (QED) is 0.317. The molecule has 0 saturated carbocycles. The molecule has 1 saturated heterocycles. The second kappa shape index (κ2) is 3.46. The minimum Gasteiger partial charge on any atom is -0.388 e. The van der Waals surface area contributed by atoms with Crippen LogP contribution < -0.4 is 0 Å². The van der Waals surface area contributed by atoms with Crippen LogP contribution in [0.2, 0.25) is 0 Å². The molecule has 1 heterocycles. The Morgan fingerprint density at radius 2 is 1.18 bits per heavy atom. The molecule has 0 aliphatic carbocycles. The van der Waals surface area contributed by atoms with Gasteiger partial charge in [0.15, 0.2) is 0 Å². The van der Waals surface area contributed by atoms with Crippen molar-refractivity contribution in [2.75, 3.05) is 13.2 Å². The number of aliphatic hydroxyl groups is 4. The summed E-state index contributed by atoms with van der Waals surface area (Å²) in [4.78, 5) is 0. The Hall–Kier alpha value is -0.200. The zero-order valence-corrected chi connectivity index (χ0v) is 5.92. The molecule has 0 aromatic carbocycles. The van der Waals surface area contributed by atoms with Gasteiger partial charge in [-0.2, -0.15) is 0 Å². The van der Waals surface area contributed by atoms with E-state index < -0.39 is 24.4 Å². The lowest BCUT2D eigenvalue weighted by Gasteiger charge is -2.20. The van der Waals surface area contributed by atoms with Crippen molar-refractivity contribution in [1.82, 2.24) is 0 Å². The normalized spacial score (nSPS) is 46.9. The average molecular weight is 164 g/mol. The lowest BCUT2D eigenvalue weighted by Crippen LogP contribution is -2.43. The number of hydrogen-bond acceptors (Lipinski definition) is 5. The molecule has 5 nitrogen and oxygen atoms in total. The second-order valence-electron chi connectivity index (χ2n) is 2.65. The molecule has 0 aromatic heterocycles. The van der Waals surface area contributed by atoms with Crippen molar-refractivity contribution in [3.05, 3.63) is 0 Å². The van der Waals surface area contributed by atoms with Crippen molar-refractivity contribution in [2.45, 2.75) is 24.4 Å². The summed E-state index contributed by atoms with van der Waals surface area (Å²) in [7, 11) is 0. The van der Waals surface area contributed by atoms with Gasteiger partial charge in [0.1, 0.15) is 24.4 Å².